The van der Waals surface area contributed by atoms with Gasteiger partial charge >= 0.3 is 5.97 Å². The van der Waals surface area contributed by atoms with E-state index in [1.165, 1.54) is 0 Å². The fourth-order valence-electron chi connectivity index (χ4n) is 4.59. The standard InChI is InChI=1S/C29H49N5O4/c1-25(30-29(38)26-11-7-5-8-12-26)10-6-4-9-13-27(35)14-15-33-20-18-31(2)16-17-32(3)19-21-34(23-22-33)24-28(36)37/h5,7-8,11-12,25H,4,6,9-10,13-24H2,1-3H3,(H,30,38)(H,36,37). The summed E-state index contributed by atoms with van der Waals surface area (Å²) in [6.45, 7) is 9.56. The average molecular weight is 532 g/mol. The molecule has 0 aromatic heterocycles. The number of nitrogens with one attached hydrogen (secondary N) is 1. The van der Waals surface area contributed by atoms with Gasteiger partial charge in [-0.15, -0.1) is 0 Å². The first-order valence-corrected chi connectivity index (χ1v) is 14.1. The maximum Gasteiger partial charge on any atom is 0.317 e. The summed E-state index contributed by atoms with van der Waals surface area (Å²) in [6.07, 6.45) is 4.86. The van der Waals surface area contributed by atoms with Crippen LogP contribution in [-0.2, 0) is 9.59 Å². The van der Waals surface area contributed by atoms with Crippen molar-refractivity contribution >= 4 is 17.7 Å². The van der Waals surface area contributed by atoms with Crippen molar-refractivity contribution in [3.8, 4) is 0 Å². The third-order valence-corrected chi connectivity index (χ3v) is 7.26. The molecular formula is C29H49N5O4. The van der Waals surface area contributed by atoms with E-state index >= 15 is 0 Å². The maximum absolute atomic E-state index is 12.6. The highest BCUT2D eigenvalue weighted by Crippen LogP contribution is 2.09. The second-order valence-electron chi connectivity index (χ2n) is 10.7. The molecule has 1 amide bonds. The van der Waals surface area contributed by atoms with E-state index < -0.39 is 5.97 Å². The zero-order valence-electron chi connectivity index (χ0n) is 23.7. The largest absolute Gasteiger partial charge is 0.480 e. The number of benzene rings is 1. The molecule has 0 radical (unpaired) electrons. The van der Waals surface area contributed by atoms with Gasteiger partial charge in [-0.05, 0) is 46.0 Å². The van der Waals surface area contributed by atoms with E-state index in [0.29, 0.717) is 30.7 Å². The highest BCUT2D eigenvalue weighted by atomic mass is 16.4. The van der Waals surface area contributed by atoms with Crippen LogP contribution in [-0.4, -0.2) is 128 Å². The highest BCUT2D eigenvalue weighted by molar-refractivity contribution is 5.94. The van der Waals surface area contributed by atoms with Crippen LogP contribution in [0.25, 0.3) is 0 Å². The van der Waals surface area contributed by atoms with Crippen LogP contribution in [0.2, 0.25) is 0 Å². The summed E-state index contributed by atoms with van der Waals surface area (Å²) in [5.41, 5.74) is 0.677. The first kappa shape index (κ1) is 31.9. The number of hydrogen-bond donors (Lipinski definition) is 2. The molecule has 2 rings (SSSR count). The lowest BCUT2D eigenvalue weighted by atomic mass is 10.1. The van der Waals surface area contributed by atoms with E-state index in [4.69, 9.17) is 0 Å². The van der Waals surface area contributed by atoms with Gasteiger partial charge in [0.2, 0.25) is 0 Å². The summed E-state index contributed by atoms with van der Waals surface area (Å²) in [5, 5.41) is 12.3. The molecule has 1 heterocycles. The van der Waals surface area contributed by atoms with Gasteiger partial charge in [-0.3, -0.25) is 19.3 Å². The summed E-state index contributed by atoms with van der Waals surface area (Å²) in [7, 11) is 4.22. The Morgan fingerprint density at radius 3 is 2.05 bits per heavy atom. The lowest BCUT2D eigenvalue weighted by molar-refractivity contribution is -0.138. The predicted molar refractivity (Wildman–Crippen MR) is 152 cm³/mol. The van der Waals surface area contributed by atoms with Gasteiger partial charge < -0.3 is 25.1 Å². The molecule has 9 heteroatoms. The molecule has 214 valence electrons. The second kappa shape index (κ2) is 18.0. The summed E-state index contributed by atoms with van der Waals surface area (Å²) in [5.74, 6) is -0.548. The van der Waals surface area contributed by atoms with Crippen LogP contribution >= 0.6 is 0 Å². The fourth-order valence-corrected chi connectivity index (χ4v) is 4.59. The van der Waals surface area contributed by atoms with Crippen molar-refractivity contribution in [2.75, 3.05) is 79.5 Å². The van der Waals surface area contributed by atoms with Crippen molar-refractivity contribution in [1.29, 1.82) is 0 Å². The van der Waals surface area contributed by atoms with Crippen LogP contribution < -0.4 is 5.32 Å². The van der Waals surface area contributed by atoms with Crippen molar-refractivity contribution in [2.45, 2.75) is 51.5 Å². The Hall–Kier alpha value is -2.33. The molecule has 0 saturated carbocycles. The van der Waals surface area contributed by atoms with Gasteiger partial charge in [0.25, 0.3) is 5.91 Å². The van der Waals surface area contributed by atoms with E-state index in [2.05, 4.69) is 34.1 Å². The van der Waals surface area contributed by atoms with Gasteiger partial charge in [0.1, 0.15) is 5.78 Å². The fraction of sp³-hybridized carbons (Fsp3) is 0.690. The van der Waals surface area contributed by atoms with E-state index in [9.17, 15) is 19.5 Å². The first-order chi connectivity index (χ1) is 18.2. The van der Waals surface area contributed by atoms with Crippen molar-refractivity contribution in [2.24, 2.45) is 0 Å². The lowest BCUT2D eigenvalue weighted by Crippen LogP contribution is -2.45. The van der Waals surface area contributed by atoms with Gasteiger partial charge in [-0.1, -0.05) is 31.0 Å². The van der Waals surface area contributed by atoms with Crippen molar-refractivity contribution < 1.29 is 19.5 Å². The number of Topliss-reactive ketones (excluding diaryl/α,β-unsaturated/α-hetero) is 1. The van der Waals surface area contributed by atoms with E-state index in [0.717, 1.165) is 78.0 Å². The molecule has 9 nitrogen and oxygen atoms in total. The Morgan fingerprint density at radius 1 is 0.816 bits per heavy atom. The molecule has 1 aliphatic heterocycles. The summed E-state index contributed by atoms with van der Waals surface area (Å²) in [6, 6.07) is 9.36. The molecule has 1 fully saturated rings. The smallest absolute Gasteiger partial charge is 0.317 e. The Labute approximate surface area is 229 Å². The zero-order valence-corrected chi connectivity index (χ0v) is 23.7. The number of aliphatic carboxylic acids is 1. The third-order valence-electron chi connectivity index (χ3n) is 7.26. The number of unbranched alkanes of at least 4 members (excludes halogenated alkanes) is 2. The quantitative estimate of drug-likeness (QED) is 0.375. The number of carboxylic acids is 1. The Bertz CT molecular complexity index is 838. The number of amides is 1. The number of ketones is 1. The Kier molecular flexibility index (Phi) is 15.1. The molecule has 38 heavy (non-hydrogen) atoms. The van der Waals surface area contributed by atoms with Crippen molar-refractivity contribution in [1.82, 2.24) is 24.9 Å². The summed E-state index contributed by atoms with van der Waals surface area (Å²) in [4.78, 5) is 45.0. The van der Waals surface area contributed by atoms with Crippen LogP contribution in [0, 0.1) is 0 Å². The topological polar surface area (TPSA) is 96.4 Å². The van der Waals surface area contributed by atoms with Crippen LogP contribution in [0.15, 0.2) is 30.3 Å². The monoisotopic (exact) mass is 531 g/mol. The molecule has 2 N–H and O–H groups in total. The molecule has 0 bridgehead atoms. The van der Waals surface area contributed by atoms with Gasteiger partial charge in [0.15, 0.2) is 0 Å². The molecule has 1 saturated heterocycles. The number of nitrogens with zero attached hydrogens (tertiary/aromatic N) is 4. The first-order valence-electron chi connectivity index (χ1n) is 14.1. The van der Waals surface area contributed by atoms with Crippen LogP contribution in [0.3, 0.4) is 0 Å². The second-order valence-corrected chi connectivity index (χ2v) is 10.7. The SMILES string of the molecule is CC(CCCCCC(=O)CCN1CCN(C)CCN(C)CCN(CC(=O)O)CC1)NC(=O)c1ccccc1. The molecular weight excluding hydrogens is 482 g/mol. The number of carboxylic acid groups (broad SMARTS) is 1. The Balaban J connectivity index is 1.67. The number of carbonyl (C=O) groups excluding carboxylic acids is 2. The number of likely N-dealkylation sites (N-methyl/N-ethyl adjacent to an activating group) is 2. The third kappa shape index (κ3) is 14.0. The predicted octanol–water partition coefficient (Wildman–Crippen LogP) is 2.28. The molecule has 1 aliphatic rings. The van der Waals surface area contributed by atoms with Crippen LogP contribution in [0.1, 0.15) is 55.8 Å². The van der Waals surface area contributed by atoms with Crippen molar-refractivity contribution in [3.63, 3.8) is 0 Å². The molecule has 1 atom stereocenters. The number of rotatable bonds is 13. The van der Waals surface area contributed by atoms with Gasteiger partial charge in [0, 0.05) is 83.3 Å². The van der Waals surface area contributed by atoms with Gasteiger partial charge in [-0.25, -0.2) is 0 Å². The Morgan fingerprint density at radius 2 is 1.39 bits per heavy atom. The highest BCUT2D eigenvalue weighted by Gasteiger charge is 2.16. The van der Waals surface area contributed by atoms with Gasteiger partial charge in [0.05, 0.1) is 6.54 Å². The maximum atomic E-state index is 12.6. The molecule has 1 aromatic carbocycles. The van der Waals surface area contributed by atoms with Crippen molar-refractivity contribution in [3.05, 3.63) is 35.9 Å². The van der Waals surface area contributed by atoms with E-state index in [1.807, 2.05) is 42.2 Å². The average Bonchev–Trinajstić information content (AvgIpc) is 2.89. The molecule has 1 unspecified atom stereocenters. The number of carbonyl (C=O) groups is 3. The van der Waals surface area contributed by atoms with Crippen LogP contribution in [0.4, 0.5) is 0 Å². The lowest BCUT2D eigenvalue weighted by Gasteiger charge is -2.31. The minimum atomic E-state index is -0.797. The minimum Gasteiger partial charge on any atom is -0.480 e. The van der Waals surface area contributed by atoms with Crippen LogP contribution in [0.5, 0.6) is 0 Å². The minimum absolute atomic E-state index is 0.0420. The van der Waals surface area contributed by atoms with E-state index in [-0.39, 0.29) is 18.5 Å². The van der Waals surface area contributed by atoms with Gasteiger partial charge in [-0.2, -0.15) is 0 Å². The molecule has 0 aliphatic carbocycles. The summed E-state index contributed by atoms with van der Waals surface area (Å²) < 4.78 is 0. The normalized spacial score (nSPS) is 18.3. The zero-order chi connectivity index (χ0) is 27.8. The van der Waals surface area contributed by atoms with E-state index in [1.54, 1.807) is 0 Å². The summed E-state index contributed by atoms with van der Waals surface area (Å²) >= 11 is 0. The molecule has 1 aromatic rings. The number of hydrogen-bond acceptors (Lipinski definition) is 7. The molecule has 0 spiro atoms.